The number of aromatic hydroxyl groups is 1. The Hall–Kier alpha value is -3.06. The lowest BCUT2D eigenvalue weighted by molar-refractivity contribution is -0.141. The number of hydrogen-bond donors (Lipinski definition) is 4. The van der Waals surface area contributed by atoms with Crippen molar-refractivity contribution < 1.29 is 37.3 Å². The summed E-state index contributed by atoms with van der Waals surface area (Å²) in [4.78, 5) is 13.3. The van der Waals surface area contributed by atoms with E-state index >= 15 is 0 Å². The number of nitrogens with two attached hydrogens (primary N) is 1. The number of aryl methyl sites for hydroxylation is 1. The molecule has 12 heteroatoms. The van der Waals surface area contributed by atoms with Crippen molar-refractivity contribution in [3.8, 4) is 23.0 Å². The quantitative estimate of drug-likeness (QED) is 0.159. The molecule has 1 saturated heterocycles. The minimum absolute atomic E-state index is 0.0288. The lowest BCUT2D eigenvalue weighted by Gasteiger charge is -2.39. The summed E-state index contributed by atoms with van der Waals surface area (Å²) in [6, 6.07) is 6.51. The first kappa shape index (κ1) is 32.3. The highest BCUT2D eigenvalue weighted by molar-refractivity contribution is 7.89. The highest BCUT2D eigenvalue weighted by Gasteiger charge is 2.53. The molecule has 1 unspecified atom stereocenters. The molecule has 0 amide bonds. The number of phenols is 1. The molecule has 0 bridgehead atoms. The second kappa shape index (κ2) is 14.4. The van der Waals surface area contributed by atoms with Crippen molar-refractivity contribution >= 4 is 16.0 Å². The van der Waals surface area contributed by atoms with E-state index in [-0.39, 0.29) is 24.9 Å². The van der Waals surface area contributed by atoms with Crippen LogP contribution in [0.1, 0.15) is 79.2 Å². The van der Waals surface area contributed by atoms with Crippen molar-refractivity contribution in [1.82, 2.24) is 10.0 Å². The summed E-state index contributed by atoms with van der Waals surface area (Å²) >= 11 is 0. The number of methoxy groups -OCH3 is 1. The summed E-state index contributed by atoms with van der Waals surface area (Å²) < 4.78 is 52.1. The molecule has 0 spiro atoms. The van der Waals surface area contributed by atoms with Gasteiger partial charge in [-0.05, 0) is 73.3 Å². The number of unbranched alkanes of at least 4 members (excludes halogenated alkanes) is 6. The van der Waals surface area contributed by atoms with Gasteiger partial charge in [-0.2, -0.15) is 0 Å². The molecule has 242 valence electrons. The molecule has 5 N–H and O–H groups in total. The summed E-state index contributed by atoms with van der Waals surface area (Å²) in [5.74, 6) is -0.686. The second-order valence-electron chi connectivity index (χ2n) is 11.9. The lowest BCUT2D eigenvalue weighted by atomic mass is 9.65. The first-order valence-corrected chi connectivity index (χ1v) is 17.3. The maximum atomic E-state index is 13.4. The molecule has 44 heavy (non-hydrogen) atoms. The van der Waals surface area contributed by atoms with E-state index in [9.17, 15) is 18.3 Å². The van der Waals surface area contributed by atoms with Crippen molar-refractivity contribution in [3.63, 3.8) is 0 Å². The number of carbonyl (C=O) groups excluding carboxylic acids is 1. The number of cyclic esters (lactones) is 1. The summed E-state index contributed by atoms with van der Waals surface area (Å²) in [7, 11) is -2.25. The molecule has 1 fully saturated rings. The predicted octanol–water partition coefficient (Wildman–Crippen LogP) is 3.61. The van der Waals surface area contributed by atoms with Crippen LogP contribution in [0, 0.1) is 18.8 Å². The SMILES string of the molecule is COc1cc(C2c3cc4c(cc3[C@@H](NS(=O)(=O)CCNCCCCCCCCCN)[C@H]3COC(=O)[C@H]23)OCO4)cc(C)c1O. The molecule has 0 radical (unpaired) electrons. The van der Waals surface area contributed by atoms with Gasteiger partial charge >= 0.3 is 5.97 Å². The second-order valence-corrected chi connectivity index (χ2v) is 13.8. The Bertz CT molecular complexity index is 1430. The average Bonchev–Trinajstić information content (AvgIpc) is 3.62. The number of fused-ring (bicyclic) bond motifs is 3. The third kappa shape index (κ3) is 7.09. The maximum absolute atomic E-state index is 13.4. The van der Waals surface area contributed by atoms with E-state index in [4.69, 9.17) is 24.7 Å². The van der Waals surface area contributed by atoms with Crippen molar-refractivity contribution in [2.24, 2.45) is 17.6 Å². The van der Waals surface area contributed by atoms with Crippen LogP contribution >= 0.6 is 0 Å². The Morgan fingerprint density at radius 3 is 2.34 bits per heavy atom. The Balaban J connectivity index is 1.32. The van der Waals surface area contributed by atoms with E-state index in [0.717, 1.165) is 43.5 Å². The van der Waals surface area contributed by atoms with Crippen LogP contribution in [-0.4, -0.2) is 65.4 Å². The minimum atomic E-state index is -3.72. The number of sulfonamides is 1. The van der Waals surface area contributed by atoms with E-state index in [2.05, 4.69) is 10.0 Å². The van der Waals surface area contributed by atoms with Gasteiger partial charge in [0.2, 0.25) is 16.8 Å². The molecular weight excluding hydrogens is 586 g/mol. The minimum Gasteiger partial charge on any atom is -0.504 e. The number of rotatable bonds is 16. The van der Waals surface area contributed by atoms with Crippen molar-refractivity contribution in [3.05, 3.63) is 46.5 Å². The number of hydrogen-bond acceptors (Lipinski definition) is 10. The van der Waals surface area contributed by atoms with Gasteiger partial charge in [-0.15, -0.1) is 0 Å². The van der Waals surface area contributed by atoms with E-state index < -0.39 is 39.8 Å². The third-order valence-electron chi connectivity index (χ3n) is 8.97. The lowest BCUT2D eigenvalue weighted by Crippen LogP contribution is -2.44. The topological polar surface area (TPSA) is 158 Å². The first-order valence-electron chi connectivity index (χ1n) is 15.6. The summed E-state index contributed by atoms with van der Waals surface area (Å²) in [6.07, 6.45) is 7.97. The number of phenolic OH excluding ortho intramolecular Hbond substituents is 1. The van der Waals surface area contributed by atoms with Crippen LogP contribution in [0.3, 0.4) is 0 Å². The van der Waals surface area contributed by atoms with Crippen LogP contribution in [0.5, 0.6) is 23.0 Å². The molecule has 5 rings (SSSR count). The average molecular weight is 632 g/mol. The molecule has 2 aromatic rings. The molecule has 2 aliphatic heterocycles. The zero-order valence-corrected chi connectivity index (χ0v) is 26.4. The molecule has 2 heterocycles. The van der Waals surface area contributed by atoms with E-state index in [1.165, 1.54) is 32.8 Å². The highest BCUT2D eigenvalue weighted by atomic mass is 32.2. The Labute approximate surface area is 259 Å². The highest BCUT2D eigenvalue weighted by Crippen LogP contribution is 2.55. The van der Waals surface area contributed by atoms with Gasteiger partial charge in [0.05, 0.1) is 31.4 Å². The van der Waals surface area contributed by atoms with Crippen LogP contribution in [0.2, 0.25) is 0 Å². The van der Waals surface area contributed by atoms with Crippen molar-refractivity contribution in [1.29, 1.82) is 0 Å². The Kier molecular flexibility index (Phi) is 10.6. The first-order chi connectivity index (χ1) is 21.2. The molecule has 11 nitrogen and oxygen atoms in total. The summed E-state index contributed by atoms with van der Waals surface area (Å²) in [5, 5.41) is 13.8. The Morgan fingerprint density at radius 2 is 1.64 bits per heavy atom. The maximum Gasteiger partial charge on any atom is 0.310 e. The van der Waals surface area contributed by atoms with Crippen LogP contribution in [-0.2, 0) is 19.6 Å². The molecule has 0 saturated carbocycles. The van der Waals surface area contributed by atoms with Crippen LogP contribution in [0.15, 0.2) is 24.3 Å². The van der Waals surface area contributed by atoms with Gasteiger partial charge in [0.1, 0.15) is 0 Å². The van der Waals surface area contributed by atoms with Gasteiger partial charge in [-0.3, -0.25) is 4.79 Å². The normalized spacial score (nSPS) is 22.0. The van der Waals surface area contributed by atoms with Crippen LogP contribution in [0.4, 0.5) is 0 Å². The summed E-state index contributed by atoms with van der Waals surface area (Å²) in [6.45, 7) is 3.75. The van der Waals surface area contributed by atoms with Gasteiger partial charge in [0, 0.05) is 18.4 Å². The predicted molar refractivity (Wildman–Crippen MR) is 166 cm³/mol. The number of ether oxygens (including phenoxy) is 4. The molecule has 2 aromatic carbocycles. The van der Waals surface area contributed by atoms with E-state index in [0.29, 0.717) is 34.9 Å². The van der Waals surface area contributed by atoms with Crippen molar-refractivity contribution in [2.45, 2.75) is 63.8 Å². The number of nitrogens with one attached hydrogen (secondary N) is 2. The number of carbonyl (C=O) groups is 1. The summed E-state index contributed by atoms with van der Waals surface area (Å²) in [5.41, 5.74) is 8.36. The number of esters is 1. The third-order valence-corrected chi connectivity index (χ3v) is 10.3. The van der Waals surface area contributed by atoms with Gasteiger partial charge in [-0.1, -0.05) is 38.2 Å². The van der Waals surface area contributed by atoms with Crippen molar-refractivity contribution in [2.75, 3.05) is 45.9 Å². The van der Waals surface area contributed by atoms with Gasteiger partial charge in [0.25, 0.3) is 0 Å². The monoisotopic (exact) mass is 631 g/mol. The van der Waals surface area contributed by atoms with Crippen LogP contribution < -0.4 is 30.0 Å². The standard InChI is InChI=1S/C32H45N3O8S/c1-20-14-21(15-27(40-2)31(20)36)28-22-16-25-26(43-19-42-25)17-23(22)30(24-18-41-32(37)29(24)28)35-44(38,39)13-12-34-11-9-7-5-3-4-6-8-10-33/h14-17,24,28-30,34-36H,3-13,18-19,33H2,1-2H3/t24-,28?,29-,30+/m0/s1. The van der Waals surface area contributed by atoms with Gasteiger partial charge in [-0.25, -0.2) is 13.1 Å². The van der Waals surface area contributed by atoms with Crippen LogP contribution in [0.25, 0.3) is 0 Å². The molecule has 3 aliphatic rings. The zero-order valence-electron chi connectivity index (χ0n) is 25.6. The zero-order chi connectivity index (χ0) is 31.3. The largest absolute Gasteiger partial charge is 0.504 e. The molecule has 1 aliphatic carbocycles. The fraction of sp³-hybridized carbons (Fsp3) is 0.594. The van der Waals surface area contributed by atoms with E-state index in [1.54, 1.807) is 13.0 Å². The Morgan fingerprint density at radius 1 is 0.955 bits per heavy atom. The number of benzene rings is 2. The van der Waals surface area contributed by atoms with Gasteiger partial charge in [0.15, 0.2) is 23.0 Å². The fourth-order valence-corrected chi connectivity index (χ4v) is 7.90. The smallest absolute Gasteiger partial charge is 0.310 e. The molecule has 0 aromatic heterocycles. The molecular formula is C32H45N3O8S. The fourth-order valence-electron chi connectivity index (χ4n) is 6.69. The van der Waals surface area contributed by atoms with Gasteiger partial charge < -0.3 is 35.1 Å². The molecule has 4 atom stereocenters. The van der Waals surface area contributed by atoms with E-state index in [1.807, 2.05) is 18.2 Å².